The fourth-order valence-corrected chi connectivity index (χ4v) is 0.145. The first-order valence-electron chi connectivity index (χ1n) is 1.58. The summed E-state index contributed by atoms with van der Waals surface area (Å²) in [5.41, 5.74) is 9.49. The van der Waals surface area contributed by atoms with E-state index in [2.05, 4.69) is 0 Å². The Kier molecular flexibility index (Phi) is 31.6. The number of halogens is 1. The molecule has 0 aromatic rings. The molecule has 0 fully saturated rings. The van der Waals surface area contributed by atoms with Crippen molar-refractivity contribution in [2.45, 2.75) is 0 Å². The van der Waals surface area contributed by atoms with Gasteiger partial charge in [0.05, 0.1) is 0 Å². The van der Waals surface area contributed by atoms with E-state index >= 15 is 0 Å². The van der Waals surface area contributed by atoms with Gasteiger partial charge in [-0.1, -0.05) is 0 Å². The molecule has 0 aliphatic carbocycles. The Balaban J connectivity index is -0.0000000600. The molecule has 0 aromatic carbocycles. The molecule has 0 amide bonds. The summed E-state index contributed by atoms with van der Waals surface area (Å²) in [6.45, 7) is 0. The van der Waals surface area contributed by atoms with Crippen molar-refractivity contribution >= 4 is 127 Å². The predicted octanol–water partition coefficient (Wildman–Crippen LogP) is -2.51. The first-order valence-corrected chi connectivity index (χ1v) is 1.58. The second-order valence-corrected chi connectivity index (χ2v) is 0.952. The molecule has 0 bridgehead atoms. The van der Waals surface area contributed by atoms with Gasteiger partial charge in [-0.3, -0.25) is 16.1 Å². The molecule has 0 unspecified atom stereocenters. The van der Waals surface area contributed by atoms with Crippen LogP contribution < -0.4 is 16.8 Å². The zero-order valence-electron chi connectivity index (χ0n) is 4.06. The molecular formula is C2H10ClK2N5. The van der Waals surface area contributed by atoms with Crippen molar-refractivity contribution in [3.63, 3.8) is 0 Å². The standard InChI is InChI=1S/C2H7N5.ClH.2K.2H/c3-1(4)7-2(5)6;;;;;/h(H7,3,4,5,6,7);1H;;;;. The summed E-state index contributed by atoms with van der Waals surface area (Å²) >= 11 is 0. The molecule has 0 atom stereocenters. The summed E-state index contributed by atoms with van der Waals surface area (Å²) in [6, 6.07) is 0. The predicted molar refractivity (Wildman–Crippen MR) is 48.5 cm³/mol. The minimum absolute atomic E-state index is 0. The second-order valence-electron chi connectivity index (χ2n) is 0.952. The van der Waals surface area contributed by atoms with E-state index in [1.165, 1.54) is 0 Å². The van der Waals surface area contributed by atoms with Crippen molar-refractivity contribution < 1.29 is 0 Å². The SMILES string of the molecule is Cl.N=C(N)NC(=N)N.[KH].[KH]. The van der Waals surface area contributed by atoms with E-state index < -0.39 is 0 Å². The van der Waals surface area contributed by atoms with Crippen LogP contribution in [0.2, 0.25) is 0 Å². The Labute approximate surface area is 151 Å². The fraction of sp³-hybridized carbons (Fsp3) is 0. The van der Waals surface area contributed by atoms with Gasteiger partial charge < -0.3 is 11.5 Å². The van der Waals surface area contributed by atoms with E-state index in [1.54, 1.807) is 0 Å². The third-order valence-corrected chi connectivity index (χ3v) is 0.269. The summed E-state index contributed by atoms with van der Waals surface area (Å²) in [5.74, 6) is -0.625. The van der Waals surface area contributed by atoms with Crippen LogP contribution in [-0.2, 0) is 0 Å². The average molecular weight is 218 g/mol. The van der Waals surface area contributed by atoms with E-state index in [-0.39, 0.29) is 127 Å². The van der Waals surface area contributed by atoms with E-state index in [1.807, 2.05) is 5.32 Å². The molecule has 0 saturated heterocycles. The number of nitrogens with two attached hydrogens (primary N) is 2. The summed E-state index contributed by atoms with van der Waals surface area (Å²) < 4.78 is 0. The Morgan fingerprint density at radius 3 is 1.20 bits per heavy atom. The molecule has 8 heteroatoms. The Bertz CT molecular complexity index is 93.8. The number of guanidine groups is 2. The third kappa shape index (κ3) is 22.4. The number of nitrogens with one attached hydrogen (secondary N) is 3. The quantitative estimate of drug-likeness (QED) is 0.176. The first-order chi connectivity index (χ1) is 3.13. The van der Waals surface area contributed by atoms with Crippen LogP contribution in [0.5, 0.6) is 0 Å². The summed E-state index contributed by atoms with van der Waals surface area (Å²) in [7, 11) is 0. The van der Waals surface area contributed by atoms with Gasteiger partial charge in [0, 0.05) is 0 Å². The van der Waals surface area contributed by atoms with E-state index in [0.717, 1.165) is 0 Å². The Morgan fingerprint density at radius 2 is 1.20 bits per heavy atom. The topological polar surface area (TPSA) is 112 Å². The van der Waals surface area contributed by atoms with Crippen molar-refractivity contribution in [2.75, 3.05) is 0 Å². The number of hydrogen-bond acceptors (Lipinski definition) is 2. The molecule has 0 aromatic heterocycles. The molecule has 0 rings (SSSR count). The maximum atomic E-state index is 6.47. The minimum atomic E-state index is -0.312. The molecule has 10 heavy (non-hydrogen) atoms. The fourth-order valence-electron chi connectivity index (χ4n) is 0.145. The van der Waals surface area contributed by atoms with Crippen LogP contribution in [0.3, 0.4) is 0 Å². The molecule has 0 saturated carbocycles. The van der Waals surface area contributed by atoms with Crippen molar-refractivity contribution in [3.8, 4) is 0 Å². The van der Waals surface area contributed by atoms with Crippen molar-refractivity contribution in [1.82, 2.24) is 5.32 Å². The van der Waals surface area contributed by atoms with Crippen LogP contribution in [0, 0.1) is 10.8 Å². The van der Waals surface area contributed by atoms with Gasteiger partial charge in [-0.25, -0.2) is 0 Å². The molecule has 5 nitrogen and oxygen atoms in total. The first kappa shape index (κ1) is 22.8. The zero-order valence-corrected chi connectivity index (χ0v) is 4.88. The van der Waals surface area contributed by atoms with E-state index in [4.69, 9.17) is 22.3 Å². The summed E-state index contributed by atoms with van der Waals surface area (Å²) in [4.78, 5) is 0. The van der Waals surface area contributed by atoms with Gasteiger partial charge in [-0.15, -0.1) is 12.4 Å². The summed E-state index contributed by atoms with van der Waals surface area (Å²) in [5, 5.41) is 15.0. The molecule has 0 radical (unpaired) electrons. The molecule has 0 spiro atoms. The zero-order chi connectivity index (χ0) is 5.86. The monoisotopic (exact) mass is 217 g/mol. The van der Waals surface area contributed by atoms with Crippen molar-refractivity contribution in [2.24, 2.45) is 11.5 Å². The third-order valence-electron chi connectivity index (χ3n) is 0.269. The van der Waals surface area contributed by atoms with Crippen LogP contribution in [-0.4, -0.2) is 115 Å². The second kappa shape index (κ2) is 13.9. The number of rotatable bonds is 0. The summed E-state index contributed by atoms with van der Waals surface area (Å²) in [6.07, 6.45) is 0. The van der Waals surface area contributed by atoms with Gasteiger partial charge in [0.1, 0.15) is 0 Å². The van der Waals surface area contributed by atoms with E-state index in [0.29, 0.717) is 0 Å². The average Bonchev–Trinajstić information content (AvgIpc) is 1.27. The van der Waals surface area contributed by atoms with Crippen LogP contribution in [0.15, 0.2) is 0 Å². The van der Waals surface area contributed by atoms with Crippen LogP contribution in [0.25, 0.3) is 0 Å². The molecule has 52 valence electrons. The molecule has 0 aliphatic rings. The normalized spacial score (nSPS) is 5.20. The van der Waals surface area contributed by atoms with Crippen LogP contribution in [0.4, 0.5) is 0 Å². The van der Waals surface area contributed by atoms with Crippen LogP contribution >= 0.6 is 12.4 Å². The van der Waals surface area contributed by atoms with Crippen LogP contribution in [0.1, 0.15) is 0 Å². The van der Waals surface area contributed by atoms with Gasteiger partial charge in [0.25, 0.3) is 0 Å². The van der Waals surface area contributed by atoms with E-state index in [9.17, 15) is 0 Å². The van der Waals surface area contributed by atoms with Gasteiger partial charge in [0.2, 0.25) is 0 Å². The molecular weight excluding hydrogens is 208 g/mol. The van der Waals surface area contributed by atoms with Gasteiger partial charge in [-0.05, 0) is 0 Å². The molecule has 0 aliphatic heterocycles. The Hall–Kier alpha value is 2.30. The number of hydrogen-bond donors (Lipinski definition) is 5. The molecule has 7 N–H and O–H groups in total. The van der Waals surface area contributed by atoms with Crippen molar-refractivity contribution in [3.05, 3.63) is 0 Å². The van der Waals surface area contributed by atoms with Gasteiger partial charge in [0.15, 0.2) is 11.9 Å². The van der Waals surface area contributed by atoms with Gasteiger partial charge in [-0.2, -0.15) is 0 Å². The molecule has 0 heterocycles. The van der Waals surface area contributed by atoms with Crippen molar-refractivity contribution in [1.29, 1.82) is 10.8 Å². The Morgan fingerprint density at radius 1 is 1.00 bits per heavy atom. The van der Waals surface area contributed by atoms with Gasteiger partial charge >= 0.3 is 103 Å². The maximum absolute atomic E-state index is 6.47.